The Bertz CT molecular complexity index is 936. The molecule has 24 heavy (non-hydrogen) atoms. The molecule has 0 bridgehead atoms. The van der Waals surface area contributed by atoms with E-state index in [1.165, 1.54) is 22.2 Å². The fourth-order valence-electron chi connectivity index (χ4n) is 2.45. The molecule has 124 valence electrons. The van der Waals surface area contributed by atoms with Crippen molar-refractivity contribution in [2.45, 2.75) is 12.6 Å². The predicted octanol–water partition coefficient (Wildman–Crippen LogP) is 1.63. The second-order valence-electron chi connectivity index (χ2n) is 5.32. The van der Waals surface area contributed by atoms with E-state index in [-0.39, 0.29) is 25.5 Å². The lowest BCUT2D eigenvalue weighted by Gasteiger charge is -2.14. The van der Waals surface area contributed by atoms with Gasteiger partial charge in [0.15, 0.2) is 11.5 Å². The summed E-state index contributed by atoms with van der Waals surface area (Å²) in [5.41, 5.74) is 0.518. The van der Waals surface area contributed by atoms with Crippen LogP contribution in [0.2, 0.25) is 0 Å². The van der Waals surface area contributed by atoms with Crippen LogP contribution in [-0.4, -0.2) is 34.2 Å². The van der Waals surface area contributed by atoms with Crippen LogP contribution in [0.1, 0.15) is 0 Å². The van der Waals surface area contributed by atoms with Gasteiger partial charge in [-0.3, -0.25) is 9.36 Å². The van der Waals surface area contributed by atoms with E-state index in [0.29, 0.717) is 27.5 Å². The molecule has 2 aromatic heterocycles. The number of ether oxygens (including phenoxy) is 3. The third-order valence-electron chi connectivity index (χ3n) is 3.63. The summed E-state index contributed by atoms with van der Waals surface area (Å²) >= 11 is 1.34. The van der Waals surface area contributed by atoms with Gasteiger partial charge in [0.1, 0.15) is 23.2 Å². The van der Waals surface area contributed by atoms with Gasteiger partial charge < -0.3 is 19.3 Å². The number of thiophene rings is 1. The Morgan fingerprint density at radius 2 is 2.21 bits per heavy atom. The lowest BCUT2D eigenvalue weighted by atomic mass is 10.3. The average Bonchev–Trinajstić information content (AvgIpc) is 3.24. The van der Waals surface area contributed by atoms with Crippen LogP contribution in [0, 0.1) is 0 Å². The summed E-state index contributed by atoms with van der Waals surface area (Å²) in [6, 6.07) is 7.00. The first-order valence-electron chi connectivity index (χ1n) is 7.34. The highest BCUT2D eigenvalue weighted by Crippen LogP contribution is 2.35. The molecule has 0 aliphatic carbocycles. The quantitative estimate of drug-likeness (QED) is 0.756. The highest BCUT2D eigenvalue weighted by Gasteiger charge is 2.15. The Labute approximate surface area is 140 Å². The SMILES string of the molecule is O=c1c2sccc2ncn1C[C@@H](O)COc1ccc2c(c1)OCO2. The molecular formula is C16H14N2O5S. The maximum absolute atomic E-state index is 12.3. The zero-order valence-electron chi connectivity index (χ0n) is 12.5. The number of aliphatic hydroxyl groups excluding tert-OH is 1. The third-order valence-corrected chi connectivity index (χ3v) is 4.52. The molecule has 0 saturated heterocycles. The Hall–Kier alpha value is -2.58. The van der Waals surface area contributed by atoms with E-state index in [1.807, 2.05) is 5.38 Å². The van der Waals surface area contributed by atoms with Crippen LogP contribution in [0.4, 0.5) is 0 Å². The van der Waals surface area contributed by atoms with Crippen LogP contribution in [0.5, 0.6) is 17.2 Å². The highest BCUT2D eigenvalue weighted by atomic mass is 32.1. The number of aliphatic hydroxyl groups is 1. The van der Waals surface area contributed by atoms with Gasteiger partial charge in [-0.25, -0.2) is 4.98 Å². The molecular weight excluding hydrogens is 332 g/mol. The monoisotopic (exact) mass is 346 g/mol. The lowest BCUT2D eigenvalue weighted by molar-refractivity contribution is 0.0913. The van der Waals surface area contributed by atoms with Crippen LogP contribution in [0.25, 0.3) is 10.2 Å². The van der Waals surface area contributed by atoms with E-state index in [2.05, 4.69) is 4.98 Å². The molecule has 7 nitrogen and oxygen atoms in total. The zero-order chi connectivity index (χ0) is 16.5. The summed E-state index contributed by atoms with van der Waals surface area (Å²) in [5.74, 6) is 1.85. The normalized spacial score (nSPS) is 14.0. The highest BCUT2D eigenvalue weighted by molar-refractivity contribution is 7.17. The molecule has 8 heteroatoms. The van der Waals surface area contributed by atoms with Crippen molar-refractivity contribution in [3.63, 3.8) is 0 Å². The number of fused-ring (bicyclic) bond motifs is 2. The standard InChI is InChI=1S/C16H14N2O5S/c19-10(6-18-8-17-12-3-4-24-15(12)16(18)20)7-21-11-1-2-13-14(5-11)23-9-22-13/h1-5,8,10,19H,6-7,9H2/t10-/m1/s1. The summed E-state index contributed by atoms with van der Waals surface area (Å²) in [6.07, 6.45) is 0.605. The molecule has 0 amide bonds. The molecule has 0 fully saturated rings. The molecule has 0 radical (unpaired) electrons. The smallest absolute Gasteiger partial charge is 0.271 e. The van der Waals surface area contributed by atoms with Gasteiger partial charge >= 0.3 is 0 Å². The van der Waals surface area contributed by atoms with E-state index in [0.717, 1.165) is 0 Å². The van der Waals surface area contributed by atoms with Crippen LogP contribution in [0.3, 0.4) is 0 Å². The molecule has 3 aromatic rings. The number of rotatable bonds is 5. The van der Waals surface area contributed by atoms with Gasteiger partial charge in [0.25, 0.3) is 5.56 Å². The van der Waals surface area contributed by atoms with Crippen LogP contribution < -0.4 is 19.8 Å². The first-order valence-corrected chi connectivity index (χ1v) is 8.22. The van der Waals surface area contributed by atoms with Gasteiger partial charge in [0.05, 0.1) is 18.4 Å². The minimum absolute atomic E-state index is 0.0502. The molecule has 1 atom stereocenters. The summed E-state index contributed by atoms with van der Waals surface area (Å²) < 4.78 is 18.0. The van der Waals surface area contributed by atoms with Crippen LogP contribution in [-0.2, 0) is 6.54 Å². The van der Waals surface area contributed by atoms with E-state index >= 15 is 0 Å². The van der Waals surface area contributed by atoms with Crippen molar-refractivity contribution in [3.8, 4) is 17.2 Å². The average molecular weight is 346 g/mol. The van der Waals surface area contributed by atoms with Gasteiger partial charge in [-0.2, -0.15) is 0 Å². The van der Waals surface area contributed by atoms with Crippen molar-refractivity contribution >= 4 is 21.6 Å². The van der Waals surface area contributed by atoms with Gasteiger partial charge in [-0.1, -0.05) is 0 Å². The predicted molar refractivity (Wildman–Crippen MR) is 87.9 cm³/mol. The van der Waals surface area contributed by atoms with Gasteiger partial charge in [-0.15, -0.1) is 11.3 Å². The van der Waals surface area contributed by atoms with Crippen LogP contribution in [0.15, 0.2) is 40.8 Å². The summed E-state index contributed by atoms with van der Waals surface area (Å²) in [7, 11) is 0. The molecule has 1 aliphatic rings. The molecule has 1 aromatic carbocycles. The number of hydrogen-bond donors (Lipinski definition) is 1. The molecule has 1 aliphatic heterocycles. The second kappa shape index (κ2) is 6.14. The van der Waals surface area contributed by atoms with Gasteiger partial charge in [-0.05, 0) is 23.6 Å². The summed E-state index contributed by atoms with van der Waals surface area (Å²) in [4.78, 5) is 16.5. The van der Waals surface area contributed by atoms with Crippen molar-refractivity contribution in [2.24, 2.45) is 0 Å². The first-order chi connectivity index (χ1) is 11.7. The Morgan fingerprint density at radius 3 is 3.12 bits per heavy atom. The fourth-order valence-corrected chi connectivity index (χ4v) is 3.24. The van der Waals surface area contributed by atoms with Crippen molar-refractivity contribution in [2.75, 3.05) is 13.4 Å². The number of aromatic nitrogens is 2. The van der Waals surface area contributed by atoms with Crippen molar-refractivity contribution < 1.29 is 19.3 Å². The van der Waals surface area contributed by atoms with E-state index in [4.69, 9.17) is 14.2 Å². The van der Waals surface area contributed by atoms with E-state index in [1.54, 1.807) is 24.3 Å². The largest absolute Gasteiger partial charge is 0.491 e. The second-order valence-corrected chi connectivity index (χ2v) is 6.23. The number of benzene rings is 1. The Morgan fingerprint density at radius 1 is 1.33 bits per heavy atom. The first kappa shape index (κ1) is 15.0. The molecule has 0 spiro atoms. The zero-order valence-corrected chi connectivity index (χ0v) is 13.4. The third kappa shape index (κ3) is 2.81. The summed E-state index contributed by atoms with van der Waals surface area (Å²) in [6.45, 7) is 0.362. The minimum atomic E-state index is -0.840. The number of nitrogens with zero attached hydrogens (tertiary/aromatic N) is 2. The van der Waals surface area contributed by atoms with E-state index in [9.17, 15) is 9.90 Å². The van der Waals surface area contributed by atoms with Crippen molar-refractivity contribution in [1.82, 2.24) is 9.55 Å². The maximum atomic E-state index is 12.3. The number of hydrogen-bond acceptors (Lipinski definition) is 7. The molecule has 0 saturated carbocycles. The lowest BCUT2D eigenvalue weighted by Crippen LogP contribution is -2.30. The fraction of sp³-hybridized carbons (Fsp3) is 0.250. The summed E-state index contributed by atoms with van der Waals surface area (Å²) in [5, 5.41) is 12.0. The maximum Gasteiger partial charge on any atom is 0.271 e. The topological polar surface area (TPSA) is 82.8 Å². The van der Waals surface area contributed by atoms with Crippen LogP contribution >= 0.6 is 11.3 Å². The minimum Gasteiger partial charge on any atom is -0.491 e. The van der Waals surface area contributed by atoms with Crippen molar-refractivity contribution in [3.05, 3.63) is 46.3 Å². The molecule has 0 unspecified atom stereocenters. The Balaban J connectivity index is 1.41. The van der Waals surface area contributed by atoms with E-state index < -0.39 is 6.10 Å². The van der Waals surface area contributed by atoms with Gasteiger partial charge in [0.2, 0.25) is 6.79 Å². The molecule has 1 N–H and O–H groups in total. The Kier molecular flexibility index (Phi) is 3.83. The molecule has 3 heterocycles. The van der Waals surface area contributed by atoms with Gasteiger partial charge in [0, 0.05) is 6.07 Å². The molecule has 4 rings (SSSR count). The van der Waals surface area contributed by atoms with Crippen molar-refractivity contribution in [1.29, 1.82) is 0 Å².